The second kappa shape index (κ2) is 8.67. The van der Waals surface area contributed by atoms with Crippen LogP contribution in [0.5, 0.6) is 5.75 Å². The van der Waals surface area contributed by atoms with E-state index in [0.29, 0.717) is 6.42 Å². The number of amides is 1. The molecule has 1 aromatic rings. The number of nitrogens with two attached hydrogens (primary N) is 1. The molecule has 21 heavy (non-hydrogen) atoms. The molecule has 1 aliphatic heterocycles. The molecular weight excluding hydrogens is 264 g/mol. The lowest BCUT2D eigenvalue weighted by Gasteiger charge is -2.31. The minimum absolute atomic E-state index is 0.175. The topological polar surface area (TPSA) is 55.6 Å². The van der Waals surface area contributed by atoms with Crippen molar-refractivity contribution in [2.75, 3.05) is 26.2 Å². The zero-order chi connectivity index (χ0) is 14.9. The van der Waals surface area contributed by atoms with Crippen LogP contribution >= 0.6 is 0 Å². The molecule has 0 aromatic heterocycles. The Morgan fingerprint density at radius 1 is 1.24 bits per heavy atom. The minimum Gasteiger partial charge on any atom is -0.492 e. The summed E-state index contributed by atoms with van der Waals surface area (Å²) in [5, 5.41) is 0. The Balaban J connectivity index is 1.55. The molecule has 2 N–H and O–H groups in total. The van der Waals surface area contributed by atoms with E-state index in [-0.39, 0.29) is 5.91 Å². The second-order valence-electron chi connectivity index (χ2n) is 5.81. The maximum atomic E-state index is 10.7. The van der Waals surface area contributed by atoms with E-state index < -0.39 is 0 Å². The Morgan fingerprint density at radius 2 is 1.95 bits per heavy atom. The van der Waals surface area contributed by atoms with Crippen molar-refractivity contribution in [2.24, 2.45) is 11.7 Å². The normalized spacial score (nSPS) is 16.8. The molecule has 1 aromatic carbocycles. The molecular formula is C17H26N2O2. The van der Waals surface area contributed by atoms with Gasteiger partial charge in [-0.1, -0.05) is 18.2 Å². The molecule has 4 heteroatoms. The van der Waals surface area contributed by atoms with Gasteiger partial charge in [0.25, 0.3) is 0 Å². The summed E-state index contributed by atoms with van der Waals surface area (Å²) in [7, 11) is 0. The molecule has 0 atom stereocenters. The highest BCUT2D eigenvalue weighted by molar-refractivity contribution is 5.73. The van der Waals surface area contributed by atoms with Crippen molar-refractivity contribution in [3.05, 3.63) is 30.3 Å². The summed E-state index contributed by atoms with van der Waals surface area (Å²) in [5.41, 5.74) is 5.17. The highest BCUT2D eigenvalue weighted by Gasteiger charge is 2.18. The van der Waals surface area contributed by atoms with Crippen molar-refractivity contribution in [1.29, 1.82) is 0 Å². The monoisotopic (exact) mass is 290 g/mol. The predicted molar refractivity (Wildman–Crippen MR) is 84.1 cm³/mol. The molecule has 4 nitrogen and oxygen atoms in total. The van der Waals surface area contributed by atoms with Gasteiger partial charge in [-0.3, -0.25) is 9.69 Å². The smallest absolute Gasteiger partial charge is 0.217 e. The number of hydrogen-bond acceptors (Lipinski definition) is 3. The molecule has 116 valence electrons. The number of rotatable bonds is 8. The van der Waals surface area contributed by atoms with Crippen molar-refractivity contribution in [3.8, 4) is 5.75 Å². The first-order chi connectivity index (χ1) is 10.2. The lowest BCUT2D eigenvalue weighted by molar-refractivity contribution is -0.118. The van der Waals surface area contributed by atoms with E-state index in [2.05, 4.69) is 4.90 Å². The Bertz CT molecular complexity index is 414. The molecule has 0 radical (unpaired) electrons. The van der Waals surface area contributed by atoms with Crippen LogP contribution in [-0.2, 0) is 4.79 Å². The SMILES string of the molecule is NC(=O)CCCC1CCN(CCOc2ccccc2)CC1. The van der Waals surface area contributed by atoms with Crippen molar-refractivity contribution in [1.82, 2.24) is 4.90 Å². The maximum absolute atomic E-state index is 10.7. The molecule has 0 unspecified atom stereocenters. The van der Waals surface area contributed by atoms with E-state index >= 15 is 0 Å². The third-order valence-corrected chi connectivity index (χ3v) is 4.16. The van der Waals surface area contributed by atoms with Gasteiger partial charge in [-0.15, -0.1) is 0 Å². The standard InChI is InChI=1S/C17H26N2O2/c18-17(20)8-4-5-15-9-11-19(12-10-15)13-14-21-16-6-2-1-3-7-16/h1-3,6-7,15H,4-5,8-14H2,(H2,18,20). The van der Waals surface area contributed by atoms with E-state index in [4.69, 9.17) is 10.5 Å². The fraction of sp³-hybridized carbons (Fsp3) is 0.588. The number of benzene rings is 1. The Labute approximate surface area is 127 Å². The summed E-state index contributed by atoms with van der Waals surface area (Å²) in [6, 6.07) is 9.96. The van der Waals surface area contributed by atoms with E-state index in [9.17, 15) is 4.79 Å². The summed E-state index contributed by atoms with van der Waals surface area (Å²) >= 11 is 0. The molecule has 2 rings (SSSR count). The molecule has 1 saturated heterocycles. The first-order valence-electron chi connectivity index (χ1n) is 7.92. The maximum Gasteiger partial charge on any atom is 0.217 e. The summed E-state index contributed by atoms with van der Waals surface area (Å²) in [5.74, 6) is 1.53. The van der Waals surface area contributed by atoms with E-state index in [0.717, 1.165) is 50.8 Å². The lowest BCUT2D eigenvalue weighted by atomic mass is 9.91. The van der Waals surface area contributed by atoms with Crippen LogP contribution in [0.3, 0.4) is 0 Å². The average Bonchev–Trinajstić information content (AvgIpc) is 2.50. The molecule has 0 saturated carbocycles. The number of hydrogen-bond donors (Lipinski definition) is 1. The zero-order valence-corrected chi connectivity index (χ0v) is 12.7. The van der Waals surface area contributed by atoms with Gasteiger partial charge in [0.05, 0.1) is 0 Å². The van der Waals surface area contributed by atoms with Crippen LogP contribution in [0.2, 0.25) is 0 Å². The first-order valence-corrected chi connectivity index (χ1v) is 7.92. The molecule has 0 bridgehead atoms. The third kappa shape index (κ3) is 6.17. The van der Waals surface area contributed by atoms with Crippen LogP contribution in [-0.4, -0.2) is 37.0 Å². The highest BCUT2D eigenvalue weighted by atomic mass is 16.5. The predicted octanol–water partition coefficient (Wildman–Crippen LogP) is 2.43. The molecule has 1 amide bonds. The number of piperidine rings is 1. The van der Waals surface area contributed by atoms with Crippen molar-refractivity contribution in [3.63, 3.8) is 0 Å². The number of ether oxygens (including phenoxy) is 1. The molecule has 1 heterocycles. The summed E-state index contributed by atoms with van der Waals surface area (Å²) in [4.78, 5) is 13.2. The van der Waals surface area contributed by atoms with Gasteiger partial charge >= 0.3 is 0 Å². The minimum atomic E-state index is -0.175. The van der Waals surface area contributed by atoms with Gasteiger partial charge in [-0.25, -0.2) is 0 Å². The van der Waals surface area contributed by atoms with Gasteiger partial charge in [0, 0.05) is 13.0 Å². The molecule has 0 aliphatic carbocycles. The van der Waals surface area contributed by atoms with Gasteiger partial charge in [-0.05, 0) is 56.8 Å². The van der Waals surface area contributed by atoms with E-state index in [1.807, 2.05) is 30.3 Å². The number of carbonyl (C=O) groups excluding carboxylic acids is 1. The van der Waals surface area contributed by atoms with Gasteiger partial charge in [0.2, 0.25) is 5.91 Å². The Hall–Kier alpha value is -1.55. The van der Waals surface area contributed by atoms with Crippen LogP contribution in [0.25, 0.3) is 0 Å². The molecule has 1 aliphatic rings. The van der Waals surface area contributed by atoms with E-state index in [1.165, 1.54) is 12.8 Å². The van der Waals surface area contributed by atoms with Gasteiger partial charge in [0.1, 0.15) is 12.4 Å². The number of primary amides is 1. The second-order valence-corrected chi connectivity index (χ2v) is 5.81. The van der Waals surface area contributed by atoms with Crippen LogP contribution in [0, 0.1) is 5.92 Å². The summed E-state index contributed by atoms with van der Waals surface area (Å²) in [6.45, 7) is 4.01. The third-order valence-electron chi connectivity index (χ3n) is 4.16. The first kappa shape index (κ1) is 15.8. The van der Waals surface area contributed by atoms with Gasteiger partial charge < -0.3 is 10.5 Å². The number of para-hydroxylation sites is 1. The number of carbonyl (C=O) groups is 1. The van der Waals surface area contributed by atoms with Gasteiger partial charge in [-0.2, -0.15) is 0 Å². The van der Waals surface area contributed by atoms with Crippen molar-refractivity contribution in [2.45, 2.75) is 32.1 Å². The molecule has 1 fully saturated rings. The van der Waals surface area contributed by atoms with Crippen LogP contribution in [0.4, 0.5) is 0 Å². The summed E-state index contributed by atoms with van der Waals surface area (Å²) < 4.78 is 5.73. The van der Waals surface area contributed by atoms with Crippen LogP contribution in [0.1, 0.15) is 32.1 Å². The average molecular weight is 290 g/mol. The highest BCUT2D eigenvalue weighted by Crippen LogP contribution is 2.22. The Kier molecular flexibility index (Phi) is 6.54. The van der Waals surface area contributed by atoms with E-state index in [1.54, 1.807) is 0 Å². The zero-order valence-electron chi connectivity index (χ0n) is 12.7. The fourth-order valence-electron chi connectivity index (χ4n) is 2.87. The summed E-state index contributed by atoms with van der Waals surface area (Å²) in [6.07, 6.45) is 5.06. The van der Waals surface area contributed by atoms with Crippen molar-refractivity contribution < 1.29 is 9.53 Å². The Morgan fingerprint density at radius 3 is 2.62 bits per heavy atom. The van der Waals surface area contributed by atoms with Gasteiger partial charge in [0.15, 0.2) is 0 Å². The lowest BCUT2D eigenvalue weighted by Crippen LogP contribution is -2.36. The van der Waals surface area contributed by atoms with Crippen LogP contribution in [0.15, 0.2) is 30.3 Å². The molecule has 0 spiro atoms. The largest absolute Gasteiger partial charge is 0.492 e. The van der Waals surface area contributed by atoms with Crippen LogP contribution < -0.4 is 10.5 Å². The van der Waals surface area contributed by atoms with Crippen molar-refractivity contribution >= 4 is 5.91 Å². The number of nitrogens with zero attached hydrogens (tertiary/aromatic N) is 1. The number of likely N-dealkylation sites (tertiary alicyclic amines) is 1. The quantitative estimate of drug-likeness (QED) is 0.800. The fourth-order valence-corrected chi connectivity index (χ4v) is 2.87.